The van der Waals surface area contributed by atoms with Gasteiger partial charge in [-0.3, -0.25) is 19.9 Å². The van der Waals surface area contributed by atoms with Gasteiger partial charge in [0.25, 0.3) is 0 Å². The molecule has 0 aliphatic rings. The molecule has 2 aromatic rings. The normalized spacial score (nSPS) is 13.9. The highest BCUT2D eigenvalue weighted by atomic mass is 14.8. The van der Waals surface area contributed by atoms with Crippen LogP contribution in [-0.4, -0.2) is 19.9 Å². The van der Waals surface area contributed by atoms with Gasteiger partial charge in [0.15, 0.2) is 0 Å². The Bertz CT molecular complexity index is 486. The van der Waals surface area contributed by atoms with E-state index in [2.05, 4.69) is 33.8 Å². The third-order valence-corrected chi connectivity index (χ3v) is 3.71. The summed E-state index contributed by atoms with van der Waals surface area (Å²) in [6.45, 7) is 4.53. The lowest BCUT2D eigenvalue weighted by molar-refractivity contribution is 0.402. The van der Waals surface area contributed by atoms with Crippen LogP contribution in [0.15, 0.2) is 37.2 Å². The predicted molar refractivity (Wildman–Crippen MR) is 79.2 cm³/mol. The van der Waals surface area contributed by atoms with E-state index in [1.807, 2.05) is 12.4 Å². The van der Waals surface area contributed by atoms with E-state index < -0.39 is 0 Å². The zero-order valence-corrected chi connectivity index (χ0v) is 12.2. The van der Waals surface area contributed by atoms with Crippen molar-refractivity contribution in [3.8, 4) is 0 Å². The Balaban J connectivity index is 2.16. The summed E-state index contributed by atoms with van der Waals surface area (Å²) in [4.78, 5) is 17.3. The van der Waals surface area contributed by atoms with Crippen molar-refractivity contribution < 1.29 is 0 Å². The first-order valence-corrected chi connectivity index (χ1v) is 7.32. The lowest BCUT2D eigenvalue weighted by Gasteiger charge is -2.23. The highest BCUT2D eigenvalue weighted by molar-refractivity contribution is 5.10. The first kappa shape index (κ1) is 14.6. The average Bonchev–Trinajstić information content (AvgIpc) is 2.52. The fourth-order valence-corrected chi connectivity index (χ4v) is 2.49. The Morgan fingerprint density at radius 2 is 1.75 bits per heavy atom. The molecule has 2 rings (SSSR count). The number of rotatable bonds is 7. The van der Waals surface area contributed by atoms with Crippen LogP contribution in [0.4, 0.5) is 0 Å². The molecule has 2 heterocycles. The Morgan fingerprint density at radius 3 is 2.35 bits per heavy atom. The molecular weight excluding hydrogens is 248 g/mol. The molecule has 4 nitrogen and oxygen atoms in total. The first-order valence-electron chi connectivity index (χ1n) is 7.32. The second-order valence-electron chi connectivity index (χ2n) is 5.26. The summed E-state index contributed by atoms with van der Waals surface area (Å²) in [5.74, 6) is 0.917. The topological polar surface area (TPSA) is 51.6 Å². The SMILES string of the molecule is CCCCC(C)C(Cc1cnccn1)c1cnccn1. The van der Waals surface area contributed by atoms with E-state index in [9.17, 15) is 0 Å². The fraction of sp³-hybridized carbons (Fsp3) is 0.500. The fourth-order valence-electron chi connectivity index (χ4n) is 2.49. The summed E-state index contributed by atoms with van der Waals surface area (Å²) < 4.78 is 0. The van der Waals surface area contributed by atoms with Crippen LogP contribution >= 0.6 is 0 Å². The van der Waals surface area contributed by atoms with Crippen LogP contribution in [0.2, 0.25) is 0 Å². The molecule has 0 aromatic carbocycles. The largest absolute Gasteiger partial charge is 0.261 e. The van der Waals surface area contributed by atoms with Crippen LogP contribution in [0.5, 0.6) is 0 Å². The second-order valence-corrected chi connectivity index (χ2v) is 5.26. The molecule has 2 atom stereocenters. The third kappa shape index (κ3) is 4.08. The molecule has 0 amide bonds. The van der Waals surface area contributed by atoms with Crippen LogP contribution in [0.1, 0.15) is 50.4 Å². The molecule has 0 bridgehead atoms. The Morgan fingerprint density at radius 1 is 1.00 bits per heavy atom. The van der Waals surface area contributed by atoms with Gasteiger partial charge in [0, 0.05) is 43.1 Å². The summed E-state index contributed by atoms with van der Waals surface area (Å²) in [6.07, 6.45) is 15.2. The number of aromatic nitrogens is 4. The van der Waals surface area contributed by atoms with Gasteiger partial charge in [0.1, 0.15) is 0 Å². The van der Waals surface area contributed by atoms with Crippen molar-refractivity contribution >= 4 is 0 Å². The van der Waals surface area contributed by atoms with Crippen LogP contribution in [0.25, 0.3) is 0 Å². The number of hydrogen-bond donors (Lipinski definition) is 0. The average molecular weight is 270 g/mol. The van der Waals surface area contributed by atoms with Crippen molar-refractivity contribution in [1.82, 2.24) is 19.9 Å². The van der Waals surface area contributed by atoms with Gasteiger partial charge in [-0.1, -0.05) is 33.1 Å². The van der Waals surface area contributed by atoms with E-state index in [-0.39, 0.29) is 0 Å². The van der Waals surface area contributed by atoms with Gasteiger partial charge in [-0.2, -0.15) is 0 Å². The van der Waals surface area contributed by atoms with E-state index in [1.165, 1.54) is 19.3 Å². The van der Waals surface area contributed by atoms with Crippen LogP contribution in [0, 0.1) is 5.92 Å². The third-order valence-electron chi connectivity index (χ3n) is 3.71. The predicted octanol–water partition coefficient (Wildman–Crippen LogP) is 3.42. The minimum absolute atomic E-state index is 0.354. The molecule has 0 aliphatic heterocycles. The smallest absolute Gasteiger partial charge is 0.0624 e. The number of unbranched alkanes of at least 4 members (excludes halogenated alkanes) is 1. The summed E-state index contributed by atoms with van der Waals surface area (Å²) in [5, 5.41) is 0. The maximum atomic E-state index is 4.49. The van der Waals surface area contributed by atoms with Gasteiger partial charge < -0.3 is 0 Å². The van der Waals surface area contributed by atoms with E-state index >= 15 is 0 Å². The lowest BCUT2D eigenvalue weighted by atomic mass is 9.84. The molecule has 0 spiro atoms. The zero-order valence-electron chi connectivity index (χ0n) is 12.2. The quantitative estimate of drug-likeness (QED) is 0.773. The summed E-state index contributed by atoms with van der Waals surface area (Å²) in [6, 6.07) is 0. The van der Waals surface area contributed by atoms with Gasteiger partial charge in [-0.05, 0) is 12.3 Å². The Labute approximate surface area is 120 Å². The van der Waals surface area contributed by atoms with Crippen molar-refractivity contribution in [3.63, 3.8) is 0 Å². The molecule has 2 unspecified atom stereocenters. The standard InChI is InChI=1S/C16H22N4/c1-3-4-5-13(2)15(16-12-18-7-9-20-16)10-14-11-17-6-8-19-14/h6-9,11-13,15H,3-5,10H2,1-2H3. The van der Waals surface area contributed by atoms with Crippen molar-refractivity contribution in [2.75, 3.05) is 0 Å². The summed E-state index contributed by atoms with van der Waals surface area (Å²) in [7, 11) is 0. The molecule has 4 heteroatoms. The molecule has 0 aliphatic carbocycles. The van der Waals surface area contributed by atoms with E-state index in [4.69, 9.17) is 0 Å². The zero-order chi connectivity index (χ0) is 14.2. The molecular formula is C16H22N4. The maximum Gasteiger partial charge on any atom is 0.0624 e. The number of nitrogens with zero attached hydrogens (tertiary/aromatic N) is 4. The molecule has 0 radical (unpaired) electrons. The van der Waals surface area contributed by atoms with Crippen LogP contribution in [0.3, 0.4) is 0 Å². The molecule has 0 saturated heterocycles. The van der Waals surface area contributed by atoms with E-state index in [0.29, 0.717) is 11.8 Å². The summed E-state index contributed by atoms with van der Waals surface area (Å²) in [5.41, 5.74) is 2.08. The van der Waals surface area contributed by atoms with Gasteiger partial charge in [0.2, 0.25) is 0 Å². The maximum absolute atomic E-state index is 4.49. The molecule has 20 heavy (non-hydrogen) atoms. The minimum Gasteiger partial charge on any atom is -0.261 e. The van der Waals surface area contributed by atoms with Crippen LogP contribution in [-0.2, 0) is 6.42 Å². The summed E-state index contributed by atoms with van der Waals surface area (Å²) >= 11 is 0. The van der Waals surface area contributed by atoms with Crippen molar-refractivity contribution in [2.24, 2.45) is 5.92 Å². The van der Waals surface area contributed by atoms with E-state index in [1.54, 1.807) is 24.8 Å². The van der Waals surface area contributed by atoms with Crippen molar-refractivity contribution in [3.05, 3.63) is 48.6 Å². The highest BCUT2D eigenvalue weighted by Gasteiger charge is 2.21. The molecule has 0 saturated carbocycles. The van der Waals surface area contributed by atoms with E-state index in [0.717, 1.165) is 17.8 Å². The number of hydrogen-bond acceptors (Lipinski definition) is 4. The minimum atomic E-state index is 0.354. The van der Waals surface area contributed by atoms with Crippen molar-refractivity contribution in [1.29, 1.82) is 0 Å². The first-order chi connectivity index (χ1) is 9.81. The van der Waals surface area contributed by atoms with Gasteiger partial charge in [-0.15, -0.1) is 0 Å². The van der Waals surface area contributed by atoms with Crippen molar-refractivity contribution in [2.45, 2.75) is 45.4 Å². The Kier molecular flexibility index (Phi) is 5.59. The second kappa shape index (κ2) is 7.68. The molecule has 0 N–H and O–H groups in total. The molecule has 106 valence electrons. The van der Waals surface area contributed by atoms with Gasteiger partial charge in [-0.25, -0.2) is 0 Å². The molecule has 2 aromatic heterocycles. The van der Waals surface area contributed by atoms with Gasteiger partial charge >= 0.3 is 0 Å². The molecule has 0 fully saturated rings. The van der Waals surface area contributed by atoms with Crippen LogP contribution < -0.4 is 0 Å². The Hall–Kier alpha value is -1.84. The highest BCUT2D eigenvalue weighted by Crippen LogP contribution is 2.29. The van der Waals surface area contributed by atoms with Gasteiger partial charge in [0.05, 0.1) is 11.4 Å². The monoisotopic (exact) mass is 270 g/mol. The lowest BCUT2D eigenvalue weighted by Crippen LogP contribution is -2.15.